The van der Waals surface area contributed by atoms with Crippen LogP contribution in [-0.4, -0.2) is 22.6 Å². The van der Waals surface area contributed by atoms with Crippen LogP contribution in [0.3, 0.4) is 0 Å². The van der Waals surface area contributed by atoms with E-state index in [1.54, 1.807) is 0 Å². The number of benzene rings is 1. The highest BCUT2D eigenvalue weighted by Crippen LogP contribution is 2.38. The van der Waals surface area contributed by atoms with Crippen LogP contribution in [0.25, 0.3) is 0 Å². The molecule has 0 amide bonds. The smallest absolute Gasteiger partial charge is 0.173 e. The first-order valence-electron chi connectivity index (χ1n) is 3.91. The van der Waals surface area contributed by atoms with Crippen LogP contribution in [0.2, 0.25) is 0 Å². The normalized spacial score (nSPS) is 14.9. The Kier molecular flexibility index (Phi) is 1.62. The van der Waals surface area contributed by atoms with Crippen molar-refractivity contribution in [2.45, 2.75) is 6.42 Å². The monoisotopic (exact) mass is 180 g/mol. The summed E-state index contributed by atoms with van der Waals surface area (Å²) in [5.41, 5.74) is 0.0891. The van der Waals surface area contributed by atoms with Gasteiger partial charge in [0.2, 0.25) is 0 Å². The van der Waals surface area contributed by atoms with Crippen LogP contribution in [0.15, 0.2) is 12.1 Å². The van der Waals surface area contributed by atoms with Crippen molar-refractivity contribution in [2.24, 2.45) is 0 Å². The number of rotatable bonds is 0. The Labute approximate surface area is 74.4 Å². The van der Waals surface area contributed by atoms with E-state index >= 15 is 0 Å². The molecule has 2 rings (SSSR count). The first kappa shape index (κ1) is 7.91. The summed E-state index contributed by atoms with van der Waals surface area (Å²) in [6.45, 7) is 0.329. The predicted molar refractivity (Wildman–Crippen MR) is 44.2 cm³/mol. The molecule has 0 saturated carbocycles. The molecule has 0 spiro atoms. The third kappa shape index (κ3) is 1.11. The molecule has 0 unspecified atom stereocenters. The molecule has 1 heterocycles. The van der Waals surface area contributed by atoms with Gasteiger partial charge in [0.25, 0.3) is 0 Å². The van der Waals surface area contributed by atoms with Crippen molar-refractivity contribution in [2.75, 3.05) is 6.61 Å². The van der Waals surface area contributed by atoms with E-state index in [0.717, 1.165) is 0 Å². The van der Waals surface area contributed by atoms with Crippen LogP contribution in [0, 0.1) is 0 Å². The van der Waals surface area contributed by atoms with Gasteiger partial charge in [0.05, 0.1) is 6.61 Å². The average Bonchev–Trinajstić information content (AvgIpc) is 2.12. The number of carbonyl (C=O) groups excluding carboxylic acids is 1. The third-order valence-electron chi connectivity index (χ3n) is 1.98. The number of hydrogen-bond donors (Lipinski definition) is 2. The van der Waals surface area contributed by atoms with Crippen molar-refractivity contribution in [1.82, 2.24) is 0 Å². The number of hydrogen-bond acceptors (Lipinski definition) is 4. The van der Waals surface area contributed by atoms with Gasteiger partial charge in [0, 0.05) is 6.42 Å². The molecule has 1 aromatic rings. The second kappa shape index (κ2) is 2.65. The fraction of sp³-hybridized carbons (Fsp3) is 0.222. The molecule has 0 aromatic heterocycles. The minimum atomic E-state index is -0.387. The largest absolute Gasteiger partial charge is 0.504 e. The van der Waals surface area contributed by atoms with Gasteiger partial charge in [-0.2, -0.15) is 0 Å². The third-order valence-corrected chi connectivity index (χ3v) is 1.98. The maximum Gasteiger partial charge on any atom is 0.173 e. The average molecular weight is 180 g/mol. The lowest BCUT2D eigenvalue weighted by Crippen LogP contribution is -2.15. The van der Waals surface area contributed by atoms with Crippen LogP contribution in [0.5, 0.6) is 17.2 Å². The molecule has 1 aromatic carbocycles. The van der Waals surface area contributed by atoms with Gasteiger partial charge in [-0.05, 0) is 12.1 Å². The first-order chi connectivity index (χ1) is 6.20. The zero-order valence-electron chi connectivity index (χ0n) is 6.78. The van der Waals surface area contributed by atoms with E-state index in [1.165, 1.54) is 12.1 Å². The Balaban J connectivity index is 2.65. The molecule has 1 aliphatic heterocycles. The molecule has 0 aliphatic carbocycles. The van der Waals surface area contributed by atoms with Crippen molar-refractivity contribution < 1.29 is 19.7 Å². The summed E-state index contributed by atoms with van der Waals surface area (Å²) in [7, 11) is 0. The van der Waals surface area contributed by atoms with Crippen molar-refractivity contribution in [3.05, 3.63) is 17.7 Å². The van der Waals surface area contributed by atoms with Crippen molar-refractivity contribution in [3.8, 4) is 17.2 Å². The highest BCUT2D eigenvalue weighted by Gasteiger charge is 2.23. The fourth-order valence-corrected chi connectivity index (χ4v) is 1.33. The summed E-state index contributed by atoms with van der Waals surface area (Å²) in [5, 5.41) is 18.5. The highest BCUT2D eigenvalue weighted by molar-refractivity contribution is 6.02. The summed E-state index contributed by atoms with van der Waals surface area (Å²) in [6.07, 6.45) is 0.240. The molecule has 4 heteroatoms. The molecule has 68 valence electrons. The second-order valence-corrected chi connectivity index (χ2v) is 2.83. The minimum absolute atomic E-state index is 0.0891. The topological polar surface area (TPSA) is 66.8 Å². The van der Waals surface area contributed by atoms with Crippen molar-refractivity contribution in [3.63, 3.8) is 0 Å². The van der Waals surface area contributed by atoms with Crippen LogP contribution >= 0.6 is 0 Å². The van der Waals surface area contributed by atoms with Gasteiger partial charge < -0.3 is 14.9 Å². The van der Waals surface area contributed by atoms with Crippen LogP contribution in [0.1, 0.15) is 16.8 Å². The lowest BCUT2D eigenvalue weighted by atomic mass is 10.0. The molecule has 0 bridgehead atoms. The molecular weight excluding hydrogens is 172 g/mol. The lowest BCUT2D eigenvalue weighted by molar-refractivity contribution is 0.0929. The first-order valence-corrected chi connectivity index (χ1v) is 3.91. The molecule has 1 aliphatic rings. The van der Waals surface area contributed by atoms with Gasteiger partial charge in [0.15, 0.2) is 17.3 Å². The number of ketones is 1. The predicted octanol–water partition coefficient (Wildman–Crippen LogP) is 1.06. The molecule has 2 N–H and O–H groups in total. The van der Waals surface area contributed by atoms with Gasteiger partial charge in [-0.15, -0.1) is 0 Å². The Hall–Kier alpha value is -1.71. The zero-order chi connectivity index (χ0) is 9.42. The van der Waals surface area contributed by atoms with E-state index in [1.807, 2.05) is 0 Å². The molecule has 0 radical (unpaired) electrons. The van der Waals surface area contributed by atoms with Crippen LogP contribution in [0.4, 0.5) is 0 Å². The van der Waals surface area contributed by atoms with Gasteiger partial charge in [-0.3, -0.25) is 4.79 Å². The number of aromatic hydroxyl groups is 2. The molecule has 4 nitrogen and oxygen atoms in total. The van der Waals surface area contributed by atoms with Crippen LogP contribution < -0.4 is 4.74 Å². The van der Waals surface area contributed by atoms with E-state index in [2.05, 4.69) is 0 Å². The van der Waals surface area contributed by atoms with Gasteiger partial charge in [0.1, 0.15) is 11.3 Å². The standard InChI is InChI=1S/C9H8O4/c10-5-3-4-13-7-2-1-6(11)9(12)8(5)7/h1-2,11-12H,3-4H2. The summed E-state index contributed by atoms with van der Waals surface area (Å²) >= 11 is 0. The SMILES string of the molecule is O=C1CCOc2ccc(O)c(O)c21. The van der Waals surface area contributed by atoms with Gasteiger partial charge >= 0.3 is 0 Å². The van der Waals surface area contributed by atoms with Crippen molar-refractivity contribution >= 4 is 5.78 Å². The highest BCUT2D eigenvalue weighted by atomic mass is 16.5. The molecule has 13 heavy (non-hydrogen) atoms. The number of phenolic OH excluding ortho intramolecular Hbond substituents is 2. The minimum Gasteiger partial charge on any atom is -0.504 e. The van der Waals surface area contributed by atoms with Crippen molar-refractivity contribution in [1.29, 1.82) is 0 Å². The molecule has 0 fully saturated rings. The molecule has 0 atom stereocenters. The maximum absolute atomic E-state index is 11.3. The number of phenols is 2. The Morgan fingerprint density at radius 2 is 2.08 bits per heavy atom. The zero-order valence-corrected chi connectivity index (χ0v) is 6.78. The summed E-state index contributed by atoms with van der Waals surface area (Å²) < 4.78 is 5.14. The Bertz CT molecular complexity index is 370. The van der Waals surface area contributed by atoms with Gasteiger partial charge in [-0.25, -0.2) is 0 Å². The van der Waals surface area contributed by atoms with Gasteiger partial charge in [-0.1, -0.05) is 0 Å². The lowest BCUT2D eigenvalue weighted by Gasteiger charge is -2.17. The molecular formula is C9H8O4. The Morgan fingerprint density at radius 3 is 2.85 bits per heavy atom. The second-order valence-electron chi connectivity index (χ2n) is 2.83. The van der Waals surface area contributed by atoms with E-state index in [-0.39, 0.29) is 29.3 Å². The van der Waals surface area contributed by atoms with E-state index in [9.17, 15) is 9.90 Å². The number of Topliss-reactive ketones (excluding diaryl/α,β-unsaturated/α-hetero) is 1. The number of carbonyl (C=O) groups is 1. The maximum atomic E-state index is 11.3. The quantitative estimate of drug-likeness (QED) is 0.586. The fourth-order valence-electron chi connectivity index (χ4n) is 1.33. The van der Waals surface area contributed by atoms with E-state index in [0.29, 0.717) is 12.4 Å². The van der Waals surface area contributed by atoms with E-state index in [4.69, 9.17) is 9.84 Å². The van der Waals surface area contributed by atoms with Crippen LogP contribution in [-0.2, 0) is 0 Å². The van der Waals surface area contributed by atoms with E-state index < -0.39 is 0 Å². The number of ether oxygens (including phenoxy) is 1. The summed E-state index contributed by atoms with van der Waals surface area (Å²) in [6, 6.07) is 2.77. The number of fused-ring (bicyclic) bond motifs is 1. The summed E-state index contributed by atoms with van der Waals surface area (Å²) in [4.78, 5) is 11.3. The molecule has 0 saturated heterocycles. The summed E-state index contributed by atoms with van der Waals surface area (Å²) in [5.74, 6) is -0.541. The Morgan fingerprint density at radius 1 is 1.31 bits per heavy atom.